The maximum absolute atomic E-state index is 5.97. The third-order valence-electron chi connectivity index (χ3n) is 5.52. The Bertz CT molecular complexity index is 1160. The second kappa shape index (κ2) is 11.7. The second-order valence-electron chi connectivity index (χ2n) is 7.76. The van der Waals surface area contributed by atoms with Gasteiger partial charge in [0.25, 0.3) is 0 Å². The zero-order valence-corrected chi connectivity index (χ0v) is 19.4. The van der Waals surface area contributed by atoms with Crippen LogP contribution in [0.1, 0.15) is 41.6 Å². The number of nitrogens with zero attached hydrogens (tertiary/aromatic N) is 2. The molecule has 0 aliphatic heterocycles. The minimum absolute atomic E-state index is 0.219. The first kappa shape index (κ1) is 23.1. The molecule has 1 atom stereocenters. The van der Waals surface area contributed by atoms with Crippen LogP contribution < -0.4 is 9.47 Å². The van der Waals surface area contributed by atoms with E-state index in [1.807, 2.05) is 72.8 Å². The van der Waals surface area contributed by atoms with E-state index in [4.69, 9.17) is 18.8 Å². The molecular formula is C28H28N2O4. The Labute approximate surface area is 199 Å². The molecule has 6 nitrogen and oxygen atoms in total. The van der Waals surface area contributed by atoms with Crippen molar-refractivity contribution in [2.45, 2.75) is 25.9 Å². The molecule has 0 N–H and O–H groups in total. The monoisotopic (exact) mass is 456 g/mol. The third kappa shape index (κ3) is 6.04. The first-order chi connectivity index (χ1) is 16.8. The van der Waals surface area contributed by atoms with Crippen LogP contribution in [0.15, 0.2) is 101 Å². The number of ether oxygens (including phenoxy) is 2. The van der Waals surface area contributed by atoms with Gasteiger partial charge in [-0.15, -0.1) is 0 Å². The van der Waals surface area contributed by atoms with E-state index < -0.39 is 0 Å². The van der Waals surface area contributed by atoms with Gasteiger partial charge in [0.1, 0.15) is 43.8 Å². The number of benzene rings is 3. The highest BCUT2D eigenvalue weighted by Crippen LogP contribution is 2.28. The van der Waals surface area contributed by atoms with E-state index >= 15 is 0 Å². The van der Waals surface area contributed by atoms with Crippen molar-refractivity contribution in [1.29, 1.82) is 0 Å². The molecule has 34 heavy (non-hydrogen) atoms. The highest BCUT2D eigenvalue weighted by Gasteiger charge is 2.15. The maximum atomic E-state index is 5.97. The summed E-state index contributed by atoms with van der Waals surface area (Å²) in [6, 6.07) is 27.8. The minimum atomic E-state index is 0.219. The van der Waals surface area contributed by atoms with Crippen molar-refractivity contribution >= 4 is 5.71 Å². The molecular weight excluding hydrogens is 428 g/mol. The van der Waals surface area contributed by atoms with Crippen LogP contribution in [-0.2, 0) is 11.4 Å². The molecule has 3 aromatic carbocycles. The zero-order valence-electron chi connectivity index (χ0n) is 19.4. The third-order valence-corrected chi connectivity index (χ3v) is 5.52. The predicted molar refractivity (Wildman–Crippen MR) is 131 cm³/mol. The predicted octanol–water partition coefficient (Wildman–Crippen LogP) is 6.23. The van der Waals surface area contributed by atoms with E-state index in [9.17, 15) is 0 Å². The molecule has 0 bridgehead atoms. The summed E-state index contributed by atoms with van der Waals surface area (Å²) >= 11 is 0. The normalized spacial score (nSPS) is 12.2. The summed E-state index contributed by atoms with van der Waals surface area (Å²) in [5.41, 5.74) is 4.89. The van der Waals surface area contributed by atoms with Crippen LogP contribution in [-0.4, -0.2) is 24.6 Å². The number of hydrogen-bond donors (Lipinski definition) is 0. The Balaban J connectivity index is 1.30. The molecule has 0 radical (unpaired) electrons. The van der Waals surface area contributed by atoms with Crippen LogP contribution in [0.3, 0.4) is 0 Å². The molecule has 1 unspecified atom stereocenters. The van der Waals surface area contributed by atoms with Crippen molar-refractivity contribution in [3.8, 4) is 11.5 Å². The van der Waals surface area contributed by atoms with Gasteiger partial charge in [0, 0.05) is 17.5 Å². The lowest BCUT2D eigenvalue weighted by molar-refractivity contribution is 0.210. The van der Waals surface area contributed by atoms with Gasteiger partial charge in [-0.2, -0.15) is 0 Å². The summed E-state index contributed by atoms with van der Waals surface area (Å²) in [5.74, 6) is 1.80. The first-order valence-electron chi connectivity index (χ1n) is 11.3. The van der Waals surface area contributed by atoms with Crippen molar-refractivity contribution < 1.29 is 18.8 Å². The highest BCUT2D eigenvalue weighted by atomic mass is 16.6. The molecule has 4 aromatic rings. The van der Waals surface area contributed by atoms with Gasteiger partial charge in [-0.3, -0.25) is 0 Å². The topological polar surface area (TPSA) is 66.1 Å². The number of rotatable bonds is 11. The van der Waals surface area contributed by atoms with Crippen LogP contribution in [0.2, 0.25) is 0 Å². The number of oxime groups is 1. The molecule has 0 spiro atoms. The summed E-state index contributed by atoms with van der Waals surface area (Å²) in [5, 5.41) is 8.18. The quantitative estimate of drug-likeness (QED) is 0.198. The summed E-state index contributed by atoms with van der Waals surface area (Å²) in [6.45, 7) is 2.93. The van der Waals surface area contributed by atoms with Gasteiger partial charge in [0.2, 0.25) is 0 Å². The molecule has 0 fully saturated rings. The van der Waals surface area contributed by atoms with Crippen molar-refractivity contribution in [3.63, 3.8) is 0 Å². The second-order valence-corrected chi connectivity index (χ2v) is 7.76. The fraction of sp³-hybridized carbons (Fsp3) is 0.214. The van der Waals surface area contributed by atoms with Crippen LogP contribution in [0.4, 0.5) is 0 Å². The maximum Gasteiger partial charge on any atom is 0.134 e. The fourth-order valence-corrected chi connectivity index (χ4v) is 3.72. The molecule has 0 aliphatic rings. The molecule has 174 valence electrons. The largest absolute Gasteiger partial charge is 0.489 e. The summed E-state index contributed by atoms with van der Waals surface area (Å²) < 4.78 is 16.9. The zero-order chi connectivity index (χ0) is 23.6. The highest BCUT2D eigenvalue weighted by molar-refractivity contribution is 6.01. The van der Waals surface area contributed by atoms with Crippen molar-refractivity contribution in [3.05, 3.63) is 114 Å². The van der Waals surface area contributed by atoms with Gasteiger partial charge < -0.3 is 18.8 Å². The van der Waals surface area contributed by atoms with Crippen molar-refractivity contribution in [2.75, 3.05) is 13.7 Å². The van der Waals surface area contributed by atoms with Gasteiger partial charge in [0.15, 0.2) is 0 Å². The molecule has 0 amide bonds. The molecule has 1 aromatic heterocycles. The van der Waals surface area contributed by atoms with E-state index in [1.54, 1.807) is 6.26 Å². The van der Waals surface area contributed by atoms with Gasteiger partial charge in [0.05, 0.1) is 5.69 Å². The smallest absolute Gasteiger partial charge is 0.134 e. The summed E-state index contributed by atoms with van der Waals surface area (Å²) in [7, 11) is 1.53. The van der Waals surface area contributed by atoms with E-state index in [-0.39, 0.29) is 5.92 Å². The Morgan fingerprint density at radius 1 is 0.882 bits per heavy atom. The SMILES string of the molecule is CCC(c1ccc(OCc2ccc(OC/C(=N\OC)c3ccccc3)cc2)cc1)c1ccon1. The standard InChI is InChI=1S/C28H28N2O4/c1-3-26(27-17-18-34-30-27)22-11-15-25(16-12-22)32-19-21-9-13-24(14-10-21)33-20-28(29-31-2)23-7-5-4-6-8-23/h4-18,26H,3,19-20H2,1-2H3/b29-28+. The molecule has 6 heteroatoms. The molecule has 0 saturated heterocycles. The van der Waals surface area contributed by atoms with Crippen molar-refractivity contribution in [1.82, 2.24) is 5.16 Å². The van der Waals surface area contributed by atoms with E-state index in [2.05, 4.69) is 29.4 Å². The van der Waals surface area contributed by atoms with E-state index in [1.165, 1.54) is 12.7 Å². The van der Waals surface area contributed by atoms with Crippen LogP contribution in [0.5, 0.6) is 11.5 Å². The molecule has 0 saturated carbocycles. The fourth-order valence-electron chi connectivity index (χ4n) is 3.72. The lowest BCUT2D eigenvalue weighted by atomic mass is 9.93. The van der Waals surface area contributed by atoms with E-state index in [0.29, 0.717) is 13.2 Å². The lowest BCUT2D eigenvalue weighted by Crippen LogP contribution is -2.13. The Morgan fingerprint density at radius 3 is 2.24 bits per heavy atom. The average Bonchev–Trinajstić information content (AvgIpc) is 3.42. The summed E-state index contributed by atoms with van der Waals surface area (Å²) in [4.78, 5) is 4.97. The van der Waals surface area contributed by atoms with Gasteiger partial charge in [-0.25, -0.2) is 0 Å². The summed E-state index contributed by atoms with van der Waals surface area (Å²) in [6.07, 6.45) is 2.56. The molecule has 4 rings (SSSR count). The van der Waals surface area contributed by atoms with Crippen LogP contribution in [0.25, 0.3) is 0 Å². The molecule has 1 heterocycles. The van der Waals surface area contributed by atoms with Crippen LogP contribution >= 0.6 is 0 Å². The Morgan fingerprint density at radius 2 is 1.59 bits per heavy atom. The van der Waals surface area contributed by atoms with Crippen molar-refractivity contribution in [2.24, 2.45) is 5.16 Å². The Hall–Kier alpha value is -4.06. The average molecular weight is 457 g/mol. The van der Waals surface area contributed by atoms with Gasteiger partial charge in [-0.1, -0.05) is 71.8 Å². The number of hydrogen-bond acceptors (Lipinski definition) is 6. The van der Waals surface area contributed by atoms with Gasteiger partial charge in [-0.05, 0) is 41.8 Å². The lowest BCUT2D eigenvalue weighted by Gasteiger charge is -2.13. The number of aromatic nitrogens is 1. The first-order valence-corrected chi connectivity index (χ1v) is 11.3. The minimum Gasteiger partial charge on any atom is -0.489 e. The van der Waals surface area contributed by atoms with Crippen LogP contribution in [0, 0.1) is 0 Å². The molecule has 0 aliphatic carbocycles. The Kier molecular flexibility index (Phi) is 7.95. The van der Waals surface area contributed by atoms with E-state index in [0.717, 1.165) is 40.5 Å². The van der Waals surface area contributed by atoms with Gasteiger partial charge >= 0.3 is 0 Å².